The first-order valence-electron chi connectivity index (χ1n) is 6.54. The zero-order valence-corrected chi connectivity index (χ0v) is 10.4. The van der Waals surface area contributed by atoms with Crippen LogP contribution in [0.25, 0.3) is 11.1 Å². The van der Waals surface area contributed by atoms with Crippen LogP contribution in [0.3, 0.4) is 0 Å². The van der Waals surface area contributed by atoms with Gasteiger partial charge in [-0.1, -0.05) is 25.3 Å². The monoisotopic (exact) mass is 246 g/mol. The molecule has 0 unspecified atom stereocenters. The third kappa shape index (κ3) is 2.34. The summed E-state index contributed by atoms with van der Waals surface area (Å²) in [6, 6.07) is 5.56. The van der Waals surface area contributed by atoms with Gasteiger partial charge in [0, 0.05) is 6.61 Å². The van der Waals surface area contributed by atoms with Crippen LogP contribution in [0.4, 0.5) is 5.69 Å². The van der Waals surface area contributed by atoms with Crippen molar-refractivity contribution in [1.29, 1.82) is 0 Å². The van der Waals surface area contributed by atoms with Gasteiger partial charge in [0.05, 0.1) is 5.69 Å². The molecule has 0 bridgehead atoms. The molecule has 4 nitrogen and oxygen atoms in total. The van der Waals surface area contributed by atoms with Crippen molar-refractivity contribution >= 4 is 16.8 Å². The van der Waals surface area contributed by atoms with Gasteiger partial charge in [-0.2, -0.15) is 0 Å². The number of para-hydroxylation sites is 1. The van der Waals surface area contributed by atoms with E-state index in [1.165, 1.54) is 19.3 Å². The summed E-state index contributed by atoms with van der Waals surface area (Å²) in [5, 5.41) is 0. The lowest BCUT2D eigenvalue weighted by atomic mass is 9.83. The minimum absolute atomic E-state index is 0.431. The summed E-state index contributed by atoms with van der Waals surface area (Å²) in [4.78, 5) is 4.35. The van der Waals surface area contributed by atoms with E-state index in [0.29, 0.717) is 18.2 Å². The molecule has 0 radical (unpaired) electrons. The third-order valence-electron chi connectivity index (χ3n) is 3.62. The van der Waals surface area contributed by atoms with E-state index in [1.54, 1.807) is 0 Å². The Hall–Kier alpha value is -1.55. The highest BCUT2D eigenvalue weighted by Crippen LogP contribution is 2.29. The summed E-state index contributed by atoms with van der Waals surface area (Å²) >= 11 is 0. The van der Waals surface area contributed by atoms with Crippen LogP contribution in [0.15, 0.2) is 22.6 Å². The quantitative estimate of drug-likeness (QED) is 0.650. The molecular formula is C14H18N2O2. The second-order valence-corrected chi connectivity index (χ2v) is 4.94. The number of nitrogens with zero attached hydrogens (tertiary/aromatic N) is 1. The maximum Gasteiger partial charge on any atom is 0.221 e. The molecule has 1 saturated carbocycles. The number of hydrogen-bond donors (Lipinski definition) is 1. The predicted molar refractivity (Wildman–Crippen MR) is 70.0 cm³/mol. The molecule has 18 heavy (non-hydrogen) atoms. The summed E-state index contributed by atoms with van der Waals surface area (Å²) < 4.78 is 11.2. The van der Waals surface area contributed by atoms with Gasteiger partial charge < -0.3 is 14.9 Å². The van der Waals surface area contributed by atoms with Gasteiger partial charge in [0.15, 0.2) is 5.58 Å². The van der Waals surface area contributed by atoms with E-state index < -0.39 is 0 Å². The van der Waals surface area contributed by atoms with Crippen LogP contribution >= 0.6 is 0 Å². The van der Waals surface area contributed by atoms with Gasteiger partial charge in [0.1, 0.15) is 12.1 Å². The van der Waals surface area contributed by atoms with Gasteiger partial charge in [-0.15, -0.1) is 0 Å². The normalized spacial score (nSPS) is 16.0. The Morgan fingerprint density at radius 2 is 2.28 bits per heavy atom. The van der Waals surface area contributed by atoms with Crippen molar-refractivity contribution in [3.05, 3.63) is 24.1 Å². The van der Waals surface area contributed by atoms with Crippen molar-refractivity contribution in [3.8, 4) is 0 Å². The van der Waals surface area contributed by atoms with E-state index in [2.05, 4.69) is 4.98 Å². The van der Waals surface area contributed by atoms with E-state index in [0.717, 1.165) is 30.0 Å². The Bertz CT molecular complexity index is 532. The summed E-state index contributed by atoms with van der Waals surface area (Å²) in [5.74, 6) is 1.49. The van der Waals surface area contributed by atoms with Crippen LogP contribution in [0.5, 0.6) is 0 Å². The average Bonchev–Trinajstić information content (AvgIpc) is 2.71. The minimum atomic E-state index is 0.431. The highest BCUT2D eigenvalue weighted by molar-refractivity contribution is 5.85. The Balaban J connectivity index is 1.55. The molecule has 3 rings (SSSR count). The Morgan fingerprint density at radius 1 is 1.39 bits per heavy atom. The molecule has 0 aliphatic heterocycles. The summed E-state index contributed by atoms with van der Waals surface area (Å²) in [5.41, 5.74) is 7.94. The minimum Gasteiger partial charge on any atom is -0.438 e. The Kier molecular flexibility index (Phi) is 3.19. The number of nitrogen functional groups attached to an aromatic ring is 1. The van der Waals surface area contributed by atoms with Gasteiger partial charge in [-0.05, 0) is 24.5 Å². The van der Waals surface area contributed by atoms with Crippen molar-refractivity contribution in [2.45, 2.75) is 32.3 Å². The van der Waals surface area contributed by atoms with Crippen LogP contribution in [0.1, 0.15) is 31.6 Å². The van der Waals surface area contributed by atoms with Crippen molar-refractivity contribution in [2.24, 2.45) is 5.92 Å². The lowest BCUT2D eigenvalue weighted by Gasteiger charge is -2.24. The van der Waals surface area contributed by atoms with Gasteiger partial charge in [0.25, 0.3) is 0 Å². The molecule has 1 aromatic carbocycles. The first-order valence-corrected chi connectivity index (χ1v) is 6.54. The second-order valence-electron chi connectivity index (χ2n) is 4.94. The Morgan fingerprint density at radius 3 is 3.00 bits per heavy atom. The highest BCUT2D eigenvalue weighted by Gasteiger charge is 2.16. The topological polar surface area (TPSA) is 61.3 Å². The zero-order valence-electron chi connectivity index (χ0n) is 10.4. The average molecular weight is 246 g/mol. The van der Waals surface area contributed by atoms with Crippen LogP contribution < -0.4 is 5.73 Å². The SMILES string of the molecule is Nc1cccc2oc(COCCC3CCC3)nc12. The summed E-state index contributed by atoms with van der Waals surface area (Å²) in [7, 11) is 0. The highest BCUT2D eigenvalue weighted by atomic mass is 16.5. The van der Waals surface area contributed by atoms with E-state index in [4.69, 9.17) is 14.9 Å². The van der Waals surface area contributed by atoms with Gasteiger partial charge in [-0.25, -0.2) is 4.98 Å². The molecule has 1 fully saturated rings. The number of benzene rings is 1. The van der Waals surface area contributed by atoms with Crippen molar-refractivity contribution < 1.29 is 9.15 Å². The maximum atomic E-state index is 5.83. The molecule has 1 aromatic heterocycles. The number of fused-ring (bicyclic) bond motifs is 1. The molecule has 0 atom stereocenters. The molecule has 0 amide bonds. The Labute approximate surface area is 106 Å². The fourth-order valence-electron chi connectivity index (χ4n) is 2.27. The van der Waals surface area contributed by atoms with Gasteiger partial charge in [0.2, 0.25) is 5.89 Å². The van der Waals surface area contributed by atoms with E-state index >= 15 is 0 Å². The molecular weight excluding hydrogens is 228 g/mol. The van der Waals surface area contributed by atoms with Crippen molar-refractivity contribution in [2.75, 3.05) is 12.3 Å². The fourth-order valence-corrected chi connectivity index (χ4v) is 2.27. The van der Waals surface area contributed by atoms with Crippen LogP contribution in [-0.2, 0) is 11.3 Å². The molecule has 0 spiro atoms. The molecule has 1 aliphatic carbocycles. The molecule has 1 heterocycles. The van der Waals surface area contributed by atoms with Gasteiger partial charge >= 0.3 is 0 Å². The molecule has 4 heteroatoms. The molecule has 2 aromatic rings. The van der Waals surface area contributed by atoms with Gasteiger partial charge in [-0.3, -0.25) is 0 Å². The molecule has 2 N–H and O–H groups in total. The lowest BCUT2D eigenvalue weighted by molar-refractivity contribution is 0.0817. The van der Waals surface area contributed by atoms with Crippen molar-refractivity contribution in [3.63, 3.8) is 0 Å². The summed E-state index contributed by atoms with van der Waals surface area (Å²) in [6.45, 7) is 1.22. The number of ether oxygens (including phenoxy) is 1. The predicted octanol–water partition coefficient (Wildman–Crippen LogP) is 3.12. The largest absolute Gasteiger partial charge is 0.438 e. The van der Waals surface area contributed by atoms with E-state index in [-0.39, 0.29) is 0 Å². The van der Waals surface area contributed by atoms with Crippen molar-refractivity contribution in [1.82, 2.24) is 4.98 Å². The number of hydrogen-bond acceptors (Lipinski definition) is 4. The third-order valence-corrected chi connectivity index (χ3v) is 3.62. The smallest absolute Gasteiger partial charge is 0.221 e. The van der Waals surface area contributed by atoms with Crippen LogP contribution in [0, 0.1) is 5.92 Å². The van der Waals surface area contributed by atoms with E-state index in [1.807, 2.05) is 18.2 Å². The first kappa shape index (κ1) is 11.5. The number of oxazole rings is 1. The van der Waals surface area contributed by atoms with E-state index in [9.17, 15) is 0 Å². The standard InChI is InChI=1S/C14H18N2O2/c15-11-5-2-6-12-14(11)16-13(18-12)9-17-8-7-10-3-1-4-10/h2,5-6,10H,1,3-4,7-9,15H2. The molecule has 0 saturated heterocycles. The lowest BCUT2D eigenvalue weighted by Crippen LogP contribution is -2.13. The number of nitrogens with two attached hydrogens (primary N) is 1. The first-order chi connectivity index (χ1) is 8.83. The molecule has 1 aliphatic rings. The van der Waals surface area contributed by atoms with Crippen LogP contribution in [0.2, 0.25) is 0 Å². The zero-order chi connectivity index (χ0) is 12.4. The fraction of sp³-hybridized carbons (Fsp3) is 0.500. The molecule has 96 valence electrons. The maximum absolute atomic E-state index is 5.83. The summed E-state index contributed by atoms with van der Waals surface area (Å²) in [6.07, 6.45) is 5.27. The second kappa shape index (κ2) is 4.98. The van der Waals surface area contributed by atoms with Crippen LogP contribution in [-0.4, -0.2) is 11.6 Å². The number of rotatable bonds is 5. The number of anilines is 1. The number of aromatic nitrogens is 1.